The monoisotopic (exact) mass is 350 g/mol. The Morgan fingerprint density at radius 2 is 2.00 bits per heavy atom. The molecule has 1 saturated heterocycles. The third-order valence-corrected chi connectivity index (χ3v) is 4.57. The van der Waals surface area contributed by atoms with Gasteiger partial charge in [0.1, 0.15) is 11.9 Å². The van der Waals surface area contributed by atoms with E-state index >= 15 is 0 Å². The minimum atomic E-state index is -0.396. The summed E-state index contributed by atoms with van der Waals surface area (Å²) < 4.78 is 14.6. The zero-order valence-corrected chi connectivity index (χ0v) is 14.2. The lowest BCUT2D eigenvalue weighted by molar-refractivity contribution is -0.125. The van der Waals surface area contributed by atoms with Gasteiger partial charge in [-0.15, -0.1) is 0 Å². The van der Waals surface area contributed by atoms with Crippen molar-refractivity contribution in [1.82, 2.24) is 15.1 Å². The summed E-state index contributed by atoms with van der Waals surface area (Å²) in [7, 11) is 0. The number of hydrogen-bond donors (Lipinski definition) is 1. The van der Waals surface area contributed by atoms with E-state index in [9.17, 15) is 9.18 Å². The van der Waals surface area contributed by atoms with E-state index in [1.807, 2.05) is 0 Å². The summed E-state index contributed by atoms with van der Waals surface area (Å²) in [5, 5.41) is 7.67. The lowest BCUT2D eigenvalue weighted by Gasteiger charge is -2.34. The van der Waals surface area contributed by atoms with Crippen LogP contribution in [0.15, 0.2) is 36.7 Å². The summed E-state index contributed by atoms with van der Waals surface area (Å²) in [6, 6.07) is 6.27. The molecule has 2 heterocycles. The van der Waals surface area contributed by atoms with Gasteiger partial charge in [-0.3, -0.25) is 9.48 Å². The van der Waals surface area contributed by atoms with Crippen LogP contribution in [0.4, 0.5) is 10.1 Å². The third-order valence-electron chi connectivity index (χ3n) is 4.38. The van der Waals surface area contributed by atoms with Crippen molar-refractivity contribution >= 4 is 23.2 Å². The molecule has 24 heavy (non-hydrogen) atoms. The molecule has 0 spiro atoms. The summed E-state index contributed by atoms with van der Waals surface area (Å²) in [6.07, 6.45) is 4.88. The number of halogens is 2. The molecule has 1 aliphatic heterocycles. The largest absolute Gasteiger partial charge is 0.371 e. The second kappa shape index (κ2) is 7.21. The number of piperidine rings is 1. The zero-order chi connectivity index (χ0) is 17.1. The number of rotatable bonds is 4. The number of carbonyl (C=O) groups is 1. The Bertz CT molecular complexity index is 695. The van der Waals surface area contributed by atoms with E-state index in [2.05, 4.69) is 15.3 Å². The average molecular weight is 351 g/mol. The van der Waals surface area contributed by atoms with Gasteiger partial charge in [-0.25, -0.2) is 4.39 Å². The van der Waals surface area contributed by atoms with Crippen molar-refractivity contribution in [3.63, 3.8) is 0 Å². The van der Waals surface area contributed by atoms with Gasteiger partial charge in [0.25, 0.3) is 0 Å². The Hall–Kier alpha value is -2.08. The molecule has 0 aliphatic carbocycles. The molecule has 5 nitrogen and oxygen atoms in total. The standard InChI is InChI=1S/C17H20ClFN4O/c1-12(23-11-13(18)10-20-23)17(24)21-15-6-8-22(9-7-15)16-4-2-14(19)3-5-16/h2-5,10-12,15H,6-9H2,1H3,(H,21,24). The molecule has 1 aromatic heterocycles. The predicted molar refractivity (Wildman–Crippen MR) is 91.7 cm³/mol. The van der Waals surface area contributed by atoms with Crippen LogP contribution >= 0.6 is 11.6 Å². The second-order valence-electron chi connectivity index (χ2n) is 6.06. The van der Waals surface area contributed by atoms with Gasteiger partial charge in [0.2, 0.25) is 5.91 Å². The maximum Gasteiger partial charge on any atom is 0.244 e. The second-order valence-corrected chi connectivity index (χ2v) is 6.50. The molecule has 0 radical (unpaired) electrons. The molecule has 1 amide bonds. The normalized spacial score (nSPS) is 16.9. The highest BCUT2D eigenvalue weighted by Crippen LogP contribution is 2.21. The fourth-order valence-corrected chi connectivity index (χ4v) is 3.05. The Labute approximate surface area is 145 Å². The molecular weight excluding hydrogens is 331 g/mol. The van der Waals surface area contributed by atoms with Gasteiger partial charge in [0, 0.05) is 31.0 Å². The van der Waals surface area contributed by atoms with Gasteiger partial charge in [0.15, 0.2) is 0 Å². The van der Waals surface area contributed by atoms with Crippen molar-refractivity contribution in [3.8, 4) is 0 Å². The van der Waals surface area contributed by atoms with Crippen LogP contribution in [0, 0.1) is 5.82 Å². The van der Waals surface area contributed by atoms with Crippen LogP contribution in [0.1, 0.15) is 25.8 Å². The molecule has 1 atom stereocenters. The van der Waals surface area contributed by atoms with Crippen LogP contribution in [-0.2, 0) is 4.79 Å². The molecule has 128 valence electrons. The lowest BCUT2D eigenvalue weighted by Crippen LogP contribution is -2.46. The number of amides is 1. The summed E-state index contributed by atoms with van der Waals surface area (Å²) in [4.78, 5) is 14.5. The molecule has 1 aromatic carbocycles. The van der Waals surface area contributed by atoms with E-state index in [0.29, 0.717) is 5.02 Å². The number of nitrogens with one attached hydrogen (secondary N) is 1. The molecule has 0 bridgehead atoms. The van der Waals surface area contributed by atoms with Crippen molar-refractivity contribution in [2.75, 3.05) is 18.0 Å². The molecule has 1 N–H and O–H groups in total. The first kappa shape index (κ1) is 16.8. The van der Waals surface area contributed by atoms with Crippen molar-refractivity contribution in [2.45, 2.75) is 31.8 Å². The highest BCUT2D eigenvalue weighted by Gasteiger charge is 2.24. The third kappa shape index (κ3) is 3.87. The smallest absolute Gasteiger partial charge is 0.244 e. The van der Waals surface area contributed by atoms with E-state index in [-0.39, 0.29) is 17.8 Å². The first-order valence-electron chi connectivity index (χ1n) is 8.03. The maximum absolute atomic E-state index is 13.0. The van der Waals surface area contributed by atoms with Gasteiger partial charge in [-0.05, 0) is 44.0 Å². The highest BCUT2D eigenvalue weighted by molar-refractivity contribution is 6.30. The molecule has 3 rings (SSSR count). The SMILES string of the molecule is CC(C(=O)NC1CCN(c2ccc(F)cc2)CC1)n1cc(Cl)cn1. The van der Waals surface area contributed by atoms with Crippen molar-refractivity contribution in [1.29, 1.82) is 0 Å². The zero-order valence-electron chi connectivity index (χ0n) is 13.5. The predicted octanol–water partition coefficient (Wildman–Crippen LogP) is 3.02. The van der Waals surface area contributed by atoms with Gasteiger partial charge in [-0.2, -0.15) is 5.10 Å². The van der Waals surface area contributed by atoms with Crippen LogP contribution in [0.25, 0.3) is 0 Å². The quantitative estimate of drug-likeness (QED) is 0.922. The van der Waals surface area contributed by atoms with Crippen LogP contribution in [0.2, 0.25) is 5.02 Å². The Balaban J connectivity index is 1.51. The number of hydrogen-bond acceptors (Lipinski definition) is 3. The fraction of sp³-hybridized carbons (Fsp3) is 0.412. The topological polar surface area (TPSA) is 50.2 Å². The van der Waals surface area contributed by atoms with E-state index in [1.54, 1.807) is 29.9 Å². The molecule has 1 unspecified atom stereocenters. The van der Waals surface area contributed by atoms with Gasteiger partial charge >= 0.3 is 0 Å². The first-order chi connectivity index (χ1) is 11.5. The van der Waals surface area contributed by atoms with E-state index < -0.39 is 6.04 Å². The Kier molecular flexibility index (Phi) is 5.04. The van der Waals surface area contributed by atoms with Gasteiger partial charge < -0.3 is 10.2 Å². The minimum Gasteiger partial charge on any atom is -0.371 e. The molecular formula is C17H20ClFN4O. The number of anilines is 1. The number of aromatic nitrogens is 2. The molecule has 1 fully saturated rings. The average Bonchev–Trinajstić information content (AvgIpc) is 3.02. The van der Waals surface area contributed by atoms with Crippen LogP contribution in [0.3, 0.4) is 0 Å². The summed E-state index contributed by atoms with van der Waals surface area (Å²) in [5.41, 5.74) is 1.01. The number of nitrogens with zero attached hydrogens (tertiary/aromatic N) is 3. The highest BCUT2D eigenvalue weighted by atomic mass is 35.5. The molecule has 1 aliphatic rings. The van der Waals surface area contributed by atoms with Crippen molar-refractivity contribution in [2.24, 2.45) is 0 Å². The molecule has 2 aromatic rings. The summed E-state index contributed by atoms with van der Waals surface area (Å²) >= 11 is 5.84. The number of carbonyl (C=O) groups excluding carboxylic acids is 1. The minimum absolute atomic E-state index is 0.0602. The fourth-order valence-electron chi connectivity index (χ4n) is 2.90. The van der Waals surface area contributed by atoms with Crippen molar-refractivity contribution in [3.05, 3.63) is 47.5 Å². The maximum atomic E-state index is 13.0. The Morgan fingerprint density at radius 3 is 2.58 bits per heavy atom. The van der Waals surface area contributed by atoms with E-state index in [0.717, 1.165) is 31.6 Å². The van der Waals surface area contributed by atoms with Crippen molar-refractivity contribution < 1.29 is 9.18 Å². The van der Waals surface area contributed by atoms with Gasteiger partial charge in [-0.1, -0.05) is 11.6 Å². The van der Waals surface area contributed by atoms with Crippen LogP contribution < -0.4 is 10.2 Å². The van der Waals surface area contributed by atoms with E-state index in [1.165, 1.54) is 18.3 Å². The summed E-state index contributed by atoms with van der Waals surface area (Å²) in [6.45, 7) is 3.46. The molecule has 0 saturated carbocycles. The Morgan fingerprint density at radius 1 is 1.33 bits per heavy atom. The first-order valence-corrected chi connectivity index (χ1v) is 8.41. The summed E-state index contributed by atoms with van der Waals surface area (Å²) in [5.74, 6) is -0.288. The molecule has 7 heteroatoms. The van der Waals surface area contributed by atoms with Gasteiger partial charge in [0.05, 0.1) is 11.2 Å². The van der Waals surface area contributed by atoms with Crippen LogP contribution in [-0.4, -0.2) is 34.8 Å². The lowest BCUT2D eigenvalue weighted by atomic mass is 10.0. The van der Waals surface area contributed by atoms with Crippen LogP contribution in [0.5, 0.6) is 0 Å². The van der Waals surface area contributed by atoms with E-state index in [4.69, 9.17) is 11.6 Å². The number of benzene rings is 1.